The second-order valence-electron chi connectivity index (χ2n) is 5.17. The van der Waals surface area contributed by atoms with Crippen LogP contribution in [0.2, 0.25) is 0 Å². The number of hydrogen-bond donors (Lipinski definition) is 1. The van der Waals surface area contributed by atoms with E-state index in [1.165, 1.54) is 6.54 Å². The Hall–Kier alpha value is -0.120. The highest BCUT2D eigenvalue weighted by Crippen LogP contribution is 2.06. The molecule has 1 aliphatic heterocycles. The number of morpholine rings is 1. The monoisotopic (exact) mass is 214 g/mol. The molecular weight excluding hydrogens is 188 g/mol. The van der Waals surface area contributed by atoms with Crippen molar-refractivity contribution < 1.29 is 4.74 Å². The van der Waals surface area contributed by atoms with Crippen LogP contribution in [0.1, 0.15) is 27.7 Å². The van der Waals surface area contributed by atoms with E-state index in [1.54, 1.807) is 0 Å². The maximum atomic E-state index is 5.48. The van der Waals surface area contributed by atoms with Gasteiger partial charge < -0.3 is 10.1 Å². The van der Waals surface area contributed by atoms with Gasteiger partial charge in [0, 0.05) is 31.7 Å². The first-order valence-electron chi connectivity index (χ1n) is 6.14. The third kappa shape index (κ3) is 4.96. The van der Waals surface area contributed by atoms with Crippen LogP contribution in [0.4, 0.5) is 0 Å². The molecule has 0 spiro atoms. The predicted molar refractivity (Wildman–Crippen MR) is 64.2 cm³/mol. The van der Waals surface area contributed by atoms with Gasteiger partial charge in [-0.05, 0) is 19.8 Å². The zero-order valence-corrected chi connectivity index (χ0v) is 10.6. The topological polar surface area (TPSA) is 24.5 Å². The zero-order chi connectivity index (χ0) is 11.3. The summed E-state index contributed by atoms with van der Waals surface area (Å²) < 4.78 is 5.48. The van der Waals surface area contributed by atoms with Gasteiger partial charge in [0.05, 0.1) is 13.2 Å². The molecule has 3 heteroatoms. The average Bonchev–Trinajstić information content (AvgIpc) is 2.17. The lowest BCUT2D eigenvalue weighted by Gasteiger charge is -2.34. The summed E-state index contributed by atoms with van der Waals surface area (Å²) >= 11 is 0. The van der Waals surface area contributed by atoms with Gasteiger partial charge in [-0.3, -0.25) is 4.90 Å². The van der Waals surface area contributed by atoms with Crippen molar-refractivity contribution in [2.75, 3.05) is 32.8 Å². The second kappa shape index (κ2) is 6.46. The highest BCUT2D eigenvalue weighted by Gasteiger charge is 2.19. The molecule has 0 bridgehead atoms. The molecule has 3 nitrogen and oxygen atoms in total. The van der Waals surface area contributed by atoms with Crippen LogP contribution >= 0.6 is 0 Å². The Morgan fingerprint density at radius 1 is 1.33 bits per heavy atom. The number of nitrogens with zero attached hydrogens (tertiary/aromatic N) is 1. The Balaban J connectivity index is 2.35. The molecule has 0 amide bonds. The first-order valence-corrected chi connectivity index (χ1v) is 6.14. The molecule has 1 aliphatic rings. The summed E-state index contributed by atoms with van der Waals surface area (Å²) in [6.07, 6.45) is 0. The molecule has 0 aromatic carbocycles. The van der Waals surface area contributed by atoms with Gasteiger partial charge in [0.1, 0.15) is 0 Å². The molecule has 0 aromatic rings. The van der Waals surface area contributed by atoms with Crippen LogP contribution in [-0.2, 0) is 4.74 Å². The number of hydrogen-bond acceptors (Lipinski definition) is 3. The van der Waals surface area contributed by atoms with E-state index in [4.69, 9.17) is 4.74 Å². The van der Waals surface area contributed by atoms with Crippen LogP contribution in [0.5, 0.6) is 0 Å². The average molecular weight is 214 g/mol. The summed E-state index contributed by atoms with van der Waals surface area (Å²) in [7, 11) is 0. The van der Waals surface area contributed by atoms with E-state index in [-0.39, 0.29) is 0 Å². The highest BCUT2D eigenvalue weighted by atomic mass is 16.5. The van der Waals surface area contributed by atoms with E-state index in [2.05, 4.69) is 37.9 Å². The van der Waals surface area contributed by atoms with Gasteiger partial charge in [0.25, 0.3) is 0 Å². The van der Waals surface area contributed by atoms with Crippen LogP contribution in [0.3, 0.4) is 0 Å². The molecule has 1 atom stereocenters. The molecular formula is C12H26N2O. The van der Waals surface area contributed by atoms with E-state index < -0.39 is 0 Å². The summed E-state index contributed by atoms with van der Waals surface area (Å²) in [5.74, 6) is 0.733. The van der Waals surface area contributed by atoms with Gasteiger partial charge in [-0.25, -0.2) is 0 Å². The maximum absolute atomic E-state index is 5.48. The van der Waals surface area contributed by atoms with Gasteiger partial charge in [-0.1, -0.05) is 13.8 Å². The maximum Gasteiger partial charge on any atom is 0.0632 e. The van der Waals surface area contributed by atoms with Crippen molar-refractivity contribution in [3.05, 3.63) is 0 Å². The minimum Gasteiger partial charge on any atom is -0.378 e. The van der Waals surface area contributed by atoms with Crippen molar-refractivity contribution in [2.45, 2.75) is 39.8 Å². The van der Waals surface area contributed by atoms with Crippen molar-refractivity contribution in [3.8, 4) is 0 Å². The van der Waals surface area contributed by atoms with Crippen molar-refractivity contribution >= 4 is 0 Å². The Labute approximate surface area is 94.2 Å². The van der Waals surface area contributed by atoms with Crippen LogP contribution in [-0.4, -0.2) is 49.8 Å². The quantitative estimate of drug-likeness (QED) is 0.747. The molecule has 15 heavy (non-hydrogen) atoms. The Morgan fingerprint density at radius 2 is 2.07 bits per heavy atom. The van der Waals surface area contributed by atoms with E-state index in [1.807, 2.05) is 0 Å². The Kier molecular flexibility index (Phi) is 5.58. The highest BCUT2D eigenvalue weighted by molar-refractivity contribution is 4.77. The number of rotatable bonds is 5. The van der Waals surface area contributed by atoms with E-state index in [9.17, 15) is 0 Å². The SMILES string of the molecule is CC(C)CN(CC1COCCN1)C(C)C. The molecule has 0 radical (unpaired) electrons. The van der Waals surface area contributed by atoms with Crippen LogP contribution < -0.4 is 5.32 Å². The molecule has 1 saturated heterocycles. The molecule has 1 rings (SSSR count). The summed E-state index contributed by atoms with van der Waals surface area (Å²) in [6.45, 7) is 14.1. The van der Waals surface area contributed by atoms with E-state index in [0.29, 0.717) is 12.1 Å². The third-order valence-electron chi connectivity index (χ3n) is 2.78. The van der Waals surface area contributed by atoms with Crippen molar-refractivity contribution in [3.63, 3.8) is 0 Å². The lowest BCUT2D eigenvalue weighted by atomic mass is 10.1. The molecule has 0 aliphatic carbocycles. The molecule has 1 heterocycles. The molecule has 90 valence electrons. The minimum absolute atomic E-state index is 0.514. The summed E-state index contributed by atoms with van der Waals surface area (Å²) in [5, 5.41) is 3.51. The van der Waals surface area contributed by atoms with Crippen LogP contribution in [0.15, 0.2) is 0 Å². The first kappa shape index (κ1) is 12.9. The zero-order valence-electron chi connectivity index (χ0n) is 10.6. The van der Waals surface area contributed by atoms with Gasteiger partial charge >= 0.3 is 0 Å². The standard InChI is InChI=1S/C12H26N2O/c1-10(2)7-14(11(3)4)8-12-9-15-6-5-13-12/h10-13H,5-9H2,1-4H3. The molecule has 1 fully saturated rings. The Bertz CT molecular complexity index is 165. The molecule has 0 saturated carbocycles. The van der Waals surface area contributed by atoms with Gasteiger partial charge in [-0.15, -0.1) is 0 Å². The van der Waals surface area contributed by atoms with Gasteiger partial charge in [0.15, 0.2) is 0 Å². The second-order valence-corrected chi connectivity index (χ2v) is 5.17. The fourth-order valence-electron chi connectivity index (χ4n) is 1.99. The summed E-state index contributed by atoms with van der Waals surface area (Å²) in [5.41, 5.74) is 0. The molecule has 1 N–H and O–H groups in total. The molecule has 0 aromatic heterocycles. The van der Waals surface area contributed by atoms with Gasteiger partial charge in [0.2, 0.25) is 0 Å². The minimum atomic E-state index is 0.514. The normalized spacial score (nSPS) is 23.0. The number of nitrogens with one attached hydrogen (secondary N) is 1. The Morgan fingerprint density at radius 3 is 2.53 bits per heavy atom. The lowest BCUT2D eigenvalue weighted by Crippen LogP contribution is -2.50. The van der Waals surface area contributed by atoms with Crippen LogP contribution in [0, 0.1) is 5.92 Å². The van der Waals surface area contributed by atoms with Gasteiger partial charge in [-0.2, -0.15) is 0 Å². The lowest BCUT2D eigenvalue weighted by molar-refractivity contribution is 0.0544. The van der Waals surface area contributed by atoms with Crippen molar-refractivity contribution in [2.24, 2.45) is 5.92 Å². The fourth-order valence-corrected chi connectivity index (χ4v) is 1.99. The first-order chi connectivity index (χ1) is 7.09. The van der Waals surface area contributed by atoms with E-state index >= 15 is 0 Å². The van der Waals surface area contributed by atoms with Crippen LogP contribution in [0.25, 0.3) is 0 Å². The summed E-state index contributed by atoms with van der Waals surface area (Å²) in [6, 6.07) is 1.14. The summed E-state index contributed by atoms with van der Waals surface area (Å²) in [4.78, 5) is 2.54. The van der Waals surface area contributed by atoms with Crippen molar-refractivity contribution in [1.29, 1.82) is 0 Å². The fraction of sp³-hybridized carbons (Fsp3) is 1.00. The van der Waals surface area contributed by atoms with E-state index in [0.717, 1.165) is 32.2 Å². The number of ether oxygens (including phenoxy) is 1. The van der Waals surface area contributed by atoms with Crippen molar-refractivity contribution in [1.82, 2.24) is 10.2 Å². The smallest absolute Gasteiger partial charge is 0.0632 e. The molecule has 1 unspecified atom stereocenters. The third-order valence-corrected chi connectivity index (χ3v) is 2.78. The largest absolute Gasteiger partial charge is 0.378 e. The predicted octanol–water partition coefficient (Wildman–Crippen LogP) is 1.34.